The van der Waals surface area contributed by atoms with Crippen LogP contribution < -0.4 is 5.32 Å². The fourth-order valence-electron chi connectivity index (χ4n) is 1.85. The molecule has 1 fully saturated rings. The second-order valence-electron chi connectivity index (χ2n) is 4.20. The highest BCUT2D eigenvalue weighted by Gasteiger charge is 2.28. The van der Waals surface area contributed by atoms with E-state index in [4.69, 9.17) is 4.74 Å². The third-order valence-electron chi connectivity index (χ3n) is 2.72. The fourth-order valence-corrected chi connectivity index (χ4v) is 1.85. The Hall–Kier alpha value is -1.00. The summed E-state index contributed by atoms with van der Waals surface area (Å²) in [5.74, 6) is 0. The summed E-state index contributed by atoms with van der Waals surface area (Å²) in [6, 6.07) is 0. The van der Waals surface area contributed by atoms with Gasteiger partial charge in [0.2, 0.25) is 0 Å². The SMILES string of the molecule is CC1(CNCc2cnccn2)CCCO1. The molecule has 4 heteroatoms. The summed E-state index contributed by atoms with van der Waals surface area (Å²) in [7, 11) is 0. The van der Waals surface area contributed by atoms with Crippen LogP contribution in [0.25, 0.3) is 0 Å². The third kappa shape index (κ3) is 2.97. The first-order valence-electron chi connectivity index (χ1n) is 5.38. The average molecular weight is 207 g/mol. The van der Waals surface area contributed by atoms with Gasteiger partial charge in [0.1, 0.15) is 0 Å². The Balaban J connectivity index is 1.75. The first-order chi connectivity index (χ1) is 7.29. The lowest BCUT2D eigenvalue weighted by atomic mass is 10.0. The molecule has 0 bridgehead atoms. The molecule has 0 saturated carbocycles. The van der Waals surface area contributed by atoms with Crippen molar-refractivity contribution >= 4 is 0 Å². The summed E-state index contributed by atoms with van der Waals surface area (Å²) in [4.78, 5) is 8.22. The fraction of sp³-hybridized carbons (Fsp3) is 0.636. The predicted molar refractivity (Wildman–Crippen MR) is 57.3 cm³/mol. The minimum Gasteiger partial charge on any atom is -0.374 e. The van der Waals surface area contributed by atoms with Crippen molar-refractivity contribution in [2.45, 2.75) is 31.9 Å². The van der Waals surface area contributed by atoms with Crippen LogP contribution in [-0.4, -0.2) is 28.7 Å². The molecule has 15 heavy (non-hydrogen) atoms. The molecular weight excluding hydrogens is 190 g/mol. The van der Waals surface area contributed by atoms with E-state index in [0.29, 0.717) is 0 Å². The summed E-state index contributed by atoms with van der Waals surface area (Å²) in [6.45, 7) is 4.68. The highest BCUT2D eigenvalue weighted by molar-refractivity contribution is 4.94. The van der Waals surface area contributed by atoms with Gasteiger partial charge in [-0.25, -0.2) is 0 Å². The van der Waals surface area contributed by atoms with Crippen LogP contribution in [0.3, 0.4) is 0 Å². The highest BCUT2D eigenvalue weighted by Crippen LogP contribution is 2.23. The quantitative estimate of drug-likeness (QED) is 0.804. The van der Waals surface area contributed by atoms with Gasteiger partial charge >= 0.3 is 0 Å². The Labute approximate surface area is 90.1 Å². The zero-order valence-corrected chi connectivity index (χ0v) is 9.07. The number of aromatic nitrogens is 2. The molecule has 2 rings (SSSR count). The maximum atomic E-state index is 5.68. The lowest BCUT2D eigenvalue weighted by Gasteiger charge is -2.23. The van der Waals surface area contributed by atoms with Gasteiger partial charge in [0.15, 0.2) is 0 Å². The minimum absolute atomic E-state index is 0.0161. The van der Waals surface area contributed by atoms with E-state index in [0.717, 1.165) is 31.8 Å². The topological polar surface area (TPSA) is 47.0 Å². The maximum Gasteiger partial charge on any atom is 0.0779 e. The van der Waals surface area contributed by atoms with Crippen LogP contribution in [0.15, 0.2) is 18.6 Å². The lowest BCUT2D eigenvalue weighted by molar-refractivity contribution is 0.0206. The maximum absolute atomic E-state index is 5.68. The number of rotatable bonds is 4. The molecule has 1 unspecified atom stereocenters. The smallest absolute Gasteiger partial charge is 0.0779 e. The molecule has 0 amide bonds. The minimum atomic E-state index is 0.0161. The van der Waals surface area contributed by atoms with Gasteiger partial charge in [0, 0.05) is 38.3 Å². The van der Waals surface area contributed by atoms with Gasteiger partial charge in [-0.1, -0.05) is 0 Å². The zero-order chi connectivity index (χ0) is 10.6. The van der Waals surface area contributed by atoms with Crippen molar-refractivity contribution in [1.29, 1.82) is 0 Å². The van der Waals surface area contributed by atoms with Gasteiger partial charge in [0.25, 0.3) is 0 Å². The van der Waals surface area contributed by atoms with E-state index in [-0.39, 0.29) is 5.60 Å². The Bertz CT molecular complexity index is 296. The van der Waals surface area contributed by atoms with Gasteiger partial charge in [-0.2, -0.15) is 0 Å². The van der Waals surface area contributed by atoms with E-state index in [1.165, 1.54) is 6.42 Å². The normalized spacial score (nSPS) is 25.7. The van der Waals surface area contributed by atoms with Crippen molar-refractivity contribution < 1.29 is 4.74 Å². The molecule has 1 saturated heterocycles. The molecule has 4 nitrogen and oxygen atoms in total. The molecule has 2 heterocycles. The van der Waals surface area contributed by atoms with Crippen molar-refractivity contribution in [3.63, 3.8) is 0 Å². The Morgan fingerprint density at radius 2 is 2.47 bits per heavy atom. The Kier molecular flexibility index (Phi) is 3.28. The van der Waals surface area contributed by atoms with E-state index in [9.17, 15) is 0 Å². The van der Waals surface area contributed by atoms with Crippen molar-refractivity contribution in [1.82, 2.24) is 15.3 Å². The summed E-state index contributed by atoms with van der Waals surface area (Å²) in [5.41, 5.74) is 0.987. The van der Waals surface area contributed by atoms with E-state index in [2.05, 4.69) is 22.2 Å². The second kappa shape index (κ2) is 4.68. The standard InChI is InChI=1S/C11H17N3O/c1-11(3-2-6-15-11)9-13-8-10-7-12-4-5-14-10/h4-5,7,13H,2-3,6,8-9H2,1H3. The molecule has 1 atom stereocenters. The van der Waals surface area contributed by atoms with Gasteiger partial charge in [-0.05, 0) is 19.8 Å². The molecule has 0 spiro atoms. The largest absolute Gasteiger partial charge is 0.374 e. The van der Waals surface area contributed by atoms with Crippen molar-refractivity contribution in [3.8, 4) is 0 Å². The number of nitrogens with zero attached hydrogens (tertiary/aromatic N) is 2. The molecule has 82 valence electrons. The molecule has 1 aliphatic heterocycles. The van der Waals surface area contributed by atoms with E-state index >= 15 is 0 Å². The van der Waals surface area contributed by atoms with Crippen LogP contribution in [0, 0.1) is 0 Å². The molecule has 0 aromatic carbocycles. The van der Waals surface area contributed by atoms with E-state index in [1.807, 2.05) is 0 Å². The van der Waals surface area contributed by atoms with Gasteiger partial charge in [-0.15, -0.1) is 0 Å². The number of hydrogen-bond acceptors (Lipinski definition) is 4. The van der Waals surface area contributed by atoms with Gasteiger partial charge in [-0.3, -0.25) is 9.97 Å². The van der Waals surface area contributed by atoms with Crippen LogP contribution in [0.5, 0.6) is 0 Å². The van der Waals surface area contributed by atoms with Crippen molar-refractivity contribution in [3.05, 3.63) is 24.3 Å². The van der Waals surface area contributed by atoms with Crippen molar-refractivity contribution in [2.24, 2.45) is 0 Å². The van der Waals surface area contributed by atoms with Gasteiger partial charge < -0.3 is 10.1 Å². The average Bonchev–Trinajstić information content (AvgIpc) is 2.67. The van der Waals surface area contributed by atoms with E-state index in [1.54, 1.807) is 18.6 Å². The summed E-state index contributed by atoms with van der Waals surface area (Å²) < 4.78 is 5.68. The summed E-state index contributed by atoms with van der Waals surface area (Å²) in [5, 5.41) is 3.36. The van der Waals surface area contributed by atoms with E-state index < -0.39 is 0 Å². The first-order valence-corrected chi connectivity index (χ1v) is 5.38. The summed E-state index contributed by atoms with van der Waals surface area (Å²) >= 11 is 0. The molecule has 1 aromatic rings. The number of ether oxygens (including phenoxy) is 1. The van der Waals surface area contributed by atoms with Crippen LogP contribution in [0.1, 0.15) is 25.5 Å². The summed E-state index contributed by atoms with van der Waals surface area (Å²) in [6.07, 6.45) is 7.49. The first kappa shape index (κ1) is 10.5. The lowest BCUT2D eigenvalue weighted by Crippen LogP contribution is -2.36. The molecule has 1 N–H and O–H groups in total. The predicted octanol–water partition coefficient (Wildman–Crippen LogP) is 1.14. The zero-order valence-electron chi connectivity index (χ0n) is 9.07. The Morgan fingerprint density at radius 3 is 3.13 bits per heavy atom. The van der Waals surface area contributed by atoms with Gasteiger partial charge in [0.05, 0.1) is 11.3 Å². The van der Waals surface area contributed by atoms with Crippen LogP contribution in [0.4, 0.5) is 0 Å². The van der Waals surface area contributed by atoms with Crippen LogP contribution in [0.2, 0.25) is 0 Å². The third-order valence-corrected chi connectivity index (χ3v) is 2.72. The molecule has 1 aliphatic rings. The number of hydrogen-bond donors (Lipinski definition) is 1. The van der Waals surface area contributed by atoms with Crippen LogP contribution >= 0.6 is 0 Å². The molecular formula is C11H17N3O. The number of nitrogens with one attached hydrogen (secondary N) is 1. The molecule has 0 aliphatic carbocycles. The Morgan fingerprint density at radius 1 is 1.53 bits per heavy atom. The van der Waals surface area contributed by atoms with Crippen molar-refractivity contribution in [2.75, 3.05) is 13.2 Å². The monoisotopic (exact) mass is 207 g/mol. The molecule has 1 aromatic heterocycles. The van der Waals surface area contributed by atoms with Crippen LogP contribution in [-0.2, 0) is 11.3 Å². The highest BCUT2D eigenvalue weighted by atomic mass is 16.5. The second-order valence-corrected chi connectivity index (χ2v) is 4.20. The molecule has 0 radical (unpaired) electrons.